The van der Waals surface area contributed by atoms with Crippen LogP contribution in [-0.2, 0) is 0 Å². The first-order valence-corrected chi connectivity index (χ1v) is 9.47. The Kier molecular flexibility index (Phi) is 5.74. The van der Waals surface area contributed by atoms with E-state index in [1.54, 1.807) is 30.6 Å². The van der Waals surface area contributed by atoms with Gasteiger partial charge in [0, 0.05) is 29.7 Å². The van der Waals surface area contributed by atoms with Crippen molar-refractivity contribution in [3.63, 3.8) is 0 Å². The Bertz CT molecular complexity index is 700. The SMILES string of the molecule is CC1CCN(c2cc(SCC(=O)c3ccc(Cl)cc3)ncn2)CC1. The number of benzene rings is 1. The van der Waals surface area contributed by atoms with E-state index in [1.807, 2.05) is 6.07 Å². The fourth-order valence-electron chi connectivity index (χ4n) is 2.68. The third-order valence-corrected chi connectivity index (χ3v) is 5.43. The highest BCUT2D eigenvalue weighted by Gasteiger charge is 2.17. The molecule has 4 nitrogen and oxygen atoms in total. The van der Waals surface area contributed by atoms with E-state index in [4.69, 9.17) is 11.6 Å². The number of ketones is 1. The molecule has 0 amide bonds. The summed E-state index contributed by atoms with van der Waals surface area (Å²) in [5, 5.41) is 1.47. The Balaban J connectivity index is 1.60. The topological polar surface area (TPSA) is 46.1 Å². The lowest BCUT2D eigenvalue weighted by molar-refractivity contribution is 0.102. The molecule has 0 N–H and O–H groups in total. The average Bonchev–Trinajstić information content (AvgIpc) is 2.61. The highest BCUT2D eigenvalue weighted by molar-refractivity contribution is 7.99. The number of rotatable bonds is 5. The van der Waals surface area contributed by atoms with Crippen LogP contribution in [0.1, 0.15) is 30.1 Å². The summed E-state index contributed by atoms with van der Waals surface area (Å²) in [7, 11) is 0. The standard InChI is InChI=1S/C18H20ClN3OS/c1-13-6-8-22(9-7-13)17-10-18(21-12-20-17)24-11-16(23)14-2-4-15(19)5-3-14/h2-5,10,12-13H,6-9,11H2,1H3. The van der Waals surface area contributed by atoms with E-state index in [1.165, 1.54) is 24.6 Å². The highest BCUT2D eigenvalue weighted by Crippen LogP contribution is 2.24. The van der Waals surface area contributed by atoms with Crippen molar-refractivity contribution in [1.82, 2.24) is 9.97 Å². The lowest BCUT2D eigenvalue weighted by atomic mass is 9.99. The summed E-state index contributed by atoms with van der Waals surface area (Å²) in [6.07, 6.45) is 3.98. The minimum atomic E-state index is 0.0728. The molecule has 2 heterocycles. The van der Waals surface area contributed by atoms with E-state index in [2.05, 4.69) is 21.8 Å². The third-order valence-electron chi connectivity index (χ3n) is 4.25. The summed E-state index contributed by atoms with van der Waals surface area (Å²) >= 11 is 7.30. The van der Waals surface area contributed by atoms with E-state index in [9.17, 15) is 4.79 Å². The van der Waals surface area contributed by atoms with Crippen LogP contribution in [0.2, 0.25) is 5.02 Å². The van der Waals surface area contributed by atoms with Crippen molar-refractivity contribution in [1.29, 1.82) is 0 Å². The van der Waals surface area contributed by atoms with Gasteiger partial charge in [0.25, 0.3) is 0 Å². The van der Waals surface area contributed by atoms with Crippen molar-refractivity contribution < 1.29 is 4.79 Å². The van der Waals surface area contributed by atoms with Crippen LogP contribution >= 0.6 is 23.4 Å². The number of hydrogen-bond acceptors (Lipinski definition) is 5. The van der Waals surface area contributed by atoms with Crippen molar-refractivity contribution in [2.75, 3.05) is 23.7 Å². The molecule has 1 aromatic heterocycles. The molecule has 6 heteroatoms. The zero-order valence-corrected chi connectivity index (χ0v) is 15.2. The molecule has 0 unspecified atom stereocenters. The number of Topliss-reactive ketones (excluding diaryl/α,β-unsaturated/α-hetero) is 1. The molecule has 24 heavy (non-hydrogen) atoms. The Morgan fingerprint density at radius 3 is 2.67 bits per heavy atom. The van der Waals surface area contributed by atoms with Crippen LogP contribution in [0.15, 0.2) is 41.7 Å². The molecule has 0 aliphatic carbocycles. The van der Waals surface area contributed by atoms with Crippen molar-refractivity contribution in [2.24, 2.45) is 5.92 Å². The van der Waals surface area contributed by atoms with Gasteiger partial charge in [-0.2, -0.15) is 0 Å². The third kappa shape index (κ3) is 4.48. The molecular formula is C18H20ClN3OS. The van der Waals surface area contributed by atoms with Gasteiger partial charge in [-0.3, -0.25) is 4.79 Å². The number of thioether (sulfide) groups is 1. The fourth-order valence-corrected chi connectivity index (χ4v) is 3.56. The predicted molar refractivity (Wildman–Crippen MR) is 99.1 cm³/mol. The van der Waals surface area contributed by atoms with Crippen molar-refractivity contribution >= 4 is 35.0 Å². The number of carbonyl (C=O) groups is 1. The number of piperidine rings is 1. The van der Waals surface area contributed by atoms with Gasteiger partial charge in [-0.15, -0.1) is 0 Å². The minimum absolute atomic E-state index is 0.0728. The normalized spacial score (nSPS) is 15.5. The molecule has 1 saturated heterocycles. The number of nitrogens with zero attached hydrogens (tertiary/aromatic N) is 3. The lowest BCUT2D eigenvalue weighted by Crippen LogP contribution is -2.33. The van der Waals surface area contributed by atoms with Crippen LogP contribution in [0.5, 0.6) is 0 Å². The molecule has 126 valence electrons. The van der Waals surface area contributed by atoms with Crippen LogP contribution in [0.4, 0.5) is 5.82 Å². The summed E-state index contributed by atoms with van der Waals surface area (Å²) in [4.78, 5) is 23.2. The second-order valence-electron chi connectivity index (χ2n) is 6.10. The zero-order chi connectivity index (χ0) is 16.9. The molecule has 2 aromatic rings. The molecule has 0 saturated carbocycles. The fraction of sp³-hybridized carbons (Fsp3) is 0.389. The summed E-state index contributed by atoms with van der Waals surface area (Å²) in [5.41, 5.74) is 0.672. The van der Waals surface area contributed by atoms with Crippen molar-refractivity contribution in [3.8, 4) is 0 Å². The Hall–Kier alpha value is -1.59. The van der Waals surface area contributed by atoms with E-state index >= 15 is 0 Å². The molecule has 1 aliphatic rings. The number of anilines is 1. The molecular weight excluding hydrogens is 342 g/mol. The van der Waals surface area contributed by atoms with Gasteiger partial charge in [-0.05, 0) is 43.0 Å². The smallest absolute Gasteiger partial charge is 0.173 e. The molecule has 0 radical (unpaired) electrons. The maximum Gasteiger partial charge on any atom is 0.173 e. The van der Waals surface area contributed by atoms with Gasteiger partial charge in [0.15, 0.2) is 5.78 Å². The maximum absolute atomic E-state index is 12.2. The van der Waals surface area contributed by atoms with Gasteiger partial charge in [0.1, 0.15) is 17.2 Å². The van der Waals surface area contributed by atoms with Gasteiger partial charge >= 0.3 is 0 Å². The number of aromatic nitrogens is 2. The van der Waals surface area contributed by atoms with Crippen LogP contribution in [0.25, 0.3) is 0 Å². The zero-order valence-electron chi connectivity index (χ0n) is 13.6. The van der Waals surface area contributed by atoms with Crippen molar-refractivity contribution in [2.45, 2.75) is 24.8 Å². The average molecular weight is 362 g/mol. The molecule has 0 atom stereocenters. The quantitative estimate of drug-likeness (QED) is 0.450. The number of carbonyl (C=O) groups excluding carboxylic acids is 1. The van der Waals surface area contributed by atoms with E-state index < -0.39 is 0 Å². The summed E-state index contributed by atoms with van der Waals surface area (Å²) in [5.74, 6) is 2.17. The largest absolute Gasteiger partial charge is 0.356 e. The molecule has 1 aliphatic heterocycles. The molecule has 3 rings (SSSR count). The van der Waals surface area contributed by atoms with Gasteiger partial charge < -0.3 is 4.90 Å². The Morgan fingerprint density at radius 1 is 1.25 bits per heavy atom. The first-order chi connectivity index (χ1) is 11.6. The van der Waals surface area contributed by atoms with Gasteiger partial charge in [0.2, 0.25) is 0 Å². The maximum atomic E-state index is 12.2. The monoisotopic (exact) mass is 361 g/mol. The second-order valence-corrected chi connectivity index (χ2v) is 7.53. The van der Waals surface area contributed by atoms with E-state index in [-0.39, 0.29) is 5.78 Å². The number of halogens is 1. The first-order valence-electron chi connectivity index (χ1n) is 8.10. The lowest BCUT2D eigenvalue weighted by Gasteiger charge is -2.31. The number of hydrogen-bond donors (Lipinski definition) is 0. The van der Waals surface area contributed by atoms with Crippen molar-refractivity contribution in [3.05, 3.63) is 47.2 Å². The molecule has 0 bridgehead atoms. The minimum Gasteiger partial charge on any atom is -0.356 e. The predicted octanol–water partition coefficient (Wildman–Crippen LogP) is 4.34. The van der Waals surface area contributed by atoms with Crippen LogP contribution in [-0.4, -0.2) is 34.6 Å². The van der Waals surface area contributed by atoms with Gasteiger partial charge in [-0.25, -0.2) is 9.97 Å². The van der Waals surface area contributed by atoms with Gasteiger partial charge in [0.05, 0.1) is 5.75 Å². The Morgan fingerprint density at radius 2 is 1.96 bits per heavy atom. The highest BCUT2D eigenvalue weighted by atomic mass is 35.5. The van der Waals surface area contributed by atoms with E-state index in [0.29, 0.717) is 16.3 Å². The Labute approximate surface area is 151 Å². The van der Waals surface area contributed by atoms with Crippen LogP contribution in [0.3, 0.4) is 0 Å². The van der Waals surface area contributed by atoms with E-state index in [0.717, 1.165) is 29.9 Å². The van der Waals surface area contributed by atoms with Crippen LogP contribution < -0.4 is 4.90 Å². The molecule has 1 fully saturated rings. The summed E-state index contributed by atoms with van der Waals surface area (Å²) in [6.45, 7) is 4.36. The van der Waals surface area contributed by atoms with Crippen LogP contribution in [0, 0.1) is 5.92 Å². The molecule has 0 spiro atoms. The van der Waals surface area contributed by atoms with Gasteiger partial charge in [-0.1, -0.05) is 30.3 Å². The molecule has 1 aromatic carbocycles. The first kappa shape index (κ1) is 17.2. The summed E-state index contributed by atoms with van der Waals surface area (Å²) < 4.78 is 0. The summed E-state index contributed by atoms with van der Waals surface area (Å²) in [6, 6.07) is 8.96. The second kappa shape index (κ2) is 7.99.